The molecule has 0 aliphatic heterocycles. The summed E-state index contributed by atoms with van der Waals surface area (Å²) in [5.74, 6) is 1.10. The zero-order valence-corrected chi connectivity index (χ0v) is 13.5. The first-order valence-electron chi connectivity index (χ1n) is 7.15. The molecule has 1 aromatic carbocycles. The molecule has 0 unspecified atom stereocenters. The molecule has 0 N–H and O–H groups in total. The number of alkyl halides is 3. The Labute approximate surface area is 145 Å². The van der Waals surface area contributed by atoms with Gasteiger partial charge in [0.15, 0.2) is 10.8 Å². The maximum Gasteiger partial charge on any atom is 0.417 e. The van der Waals surface area contributed by atoms with Gasteiger partial charge in [0.25, 0.3) is 0 Å². The summed E-state index contributed by atoms with van der Waals surface area (Å²) in [4.78, 5) is 0. The second-order valence-electron chi connectivity index (χ2n) is 4.96. The molecule has 0 amide bonds. The first-order valence-corrected chi connectivity index (χ1v) is 8.14. The molecule has 25 heavy (non-hydrogen) atoms. The second kappa shape index (κ2) is 7.03. The Hall–Kier alpha value is -2.73. The standard InChI is InChI=1S/C16H11F3N4OS/c17-16(18,19)12-3-6-14-21-22-15(23(14)10-12)25-8-7-24-13-4-1-11(9-20)2-5-13/h1-6,10H,7-8H2. The fourth-order valence-electron chi connectivity index (χ4n) is 2.05. The monoisotopic (exact) mass is 364 g/mol. The minimum absolute atomic E-state index is 0.338. The van der Waals surface area contributed by atoms with Gasteiger partial charge in [0, 0.05) is 11.9 Å². The van der Waals surface area contributed by atoms with Crippen molar-refractivity contribution in [1.29, 1.82) is 5.26 Å². The Balaban J connectivity index is 1.62. The number of fused-ring (bicyclic) bond motifs is 1. The van der Waals surface area contributed by atoms with Crippen LogP contribution in [0.15, 0.2) is 47.8 Å². The maximum absolute atomic E-state index is 12.8. The summed E-state index contributed by atoms with van der Waals surface area (Å²) in [6.07, 6.45) is -3.43. The lowest BCUT2D eigenvalue weighted by atomic mass is 10.2. The van der Waals surface area contributed by atoms with E-state index in [9.17, 15) is 13.2 Å². The third kappa shape index (κ3) is 4.03. The number of ether oxygens (including phenoxy) is 1. The molecule has 0 spiro atoms. The summed E-state index contributed by atoms with van der Waals surface area (Å²) >= 11 is 1.25. The van der Waals surface area contributed by atoms with E-state index in [1.807, 2.05) is 6.07 Å². The Kier molecular flexibility index (Phi) is 4.81. The van der Waals surface area contributed by atoms with E-state index in [1.54, 1.807) is 24.3 Å². The molecule has 0 saturated heterocycles. The van der Waals surface area contributed by atoms with Crippen molar-refractivity contribution in [3.05, 3.63) is 53.7 Å². The smallest absolute Gasteiger partial charge is 0.417 e. The SMILES string of the molecule is N#Cc1ccc(OCCSc2nnc3ccc(C(F)(F)F)cn23)cc1. The van der Waals surface area contributed by atoms with Crippen LogP contribution in [0.1, 0.15) is 11.1 Å². The largest absolute Gasteiger partial charge is 0.493 e. The minimum Gasteiger partial charge on any atom is -0.493 e. The van der Waals surface area contributed by atoms with Gasteiger partial charge in [-0.15, -0.1) is 10.2 Å². The Morgan fingerprint density at radius 3 is 2.56 bits per heavy atom. The molecular formula is C16H11F3N4OS. The number of hydrogen-bond acceptors (Lipinski definition) is 5. The average molecular weight is 364 g/mol. The number of aromatic nitrogens is 3. The lowest BCUT2D eigenvalue weighted by molar-refractivity contribution is -0.137. The highest BCUT2D eigenvalue weighted by molar-refractivity contribution is 7.99. The van der Waals surface area contributed by atoms with Crippen LogP contribution >= 0.6 is 11.8 Å². The van der Waals surface area contributed by atoms with Gasteiger partial charge in [-0.05, 0) is 36.4 Å². The molecule has 128 valence electrons. The Morgan fingerprint density at radius 2 is 1.88 bits per heavy atom. The number of hydrogen-bond donors (Lipinski definition) is 0. The molecule has 2 aromatic heterocycles. The van der Waals surface area contributed by atoms with Crippen LogP contribution in [-0.4, -0.2) is 27.0 Å². The number of rotatable bonds is 5. The number of nitriles is 1. The van der Waals surface area contributed by atoms with Crippen molar-refractivity contribution in [2.24, 2.45) is 0 Å². The van der Waals surface area contributed by atoms with Crippen LogP contribution in [0.4, 0.5) is 13.2 Å². The molecule has 0 fully saturated rings. The molecule has 5 nitrogen and oxygen atoms in total. The number of nitrogens with zero attached hydrogens (tertiary/aromatic N) is 4. The van der Waals surface area contributed by atoms with Crippen molar-refractivity contribution >= 4 is 17.4 Å². The predicted molar refractivity (Wildman–Crippen MR) is 85.4 cm³/mol. The van der Waals surface area contributed by atoms with Crippen LogP contribution < -0.4 is 4.74 Å². The maximum atomic E-state index is 12.8. The predicted octanol–water partition coefficient (Wildman–Crippen LogP) is 3.79. The van der Waals surface area contributed by atoms with Crippen LogP contribution in [0.3, 0.4) is 0 Å². The van der Waals surface area contributed by atoms with Crippen LogP contribution in [0.5, 0.6) is 5.75 Å². The highest BCUT2D eigenvalue weighted by Crippen LogP contribution is 2.30. The van der Waals surface area contributed by atoms with E-state index < -0.39 is 11.7 Å². The van der Waals surface area contributed by atoms with E-state index in [2.05, 4.69) is 10.2 Å². The van der Waals surface area contributed by atoms with E-state index in [-0.39, 0.29) is 0 Å². The zero-order valence-electron chi connectivity index (χ0n) is 12.7. The number of pyridine rings is 1. The number of halogens is 3. The van der Waals surface area contributed by atoms with Gasteiger partial charge in [0.2, 0.25) is 0 Å². The van der Waals surface area contributed by atoms with Crippen molar-refractivity contribution in [3.8, 4) is 11.8 Å². The lowest BCUT2D eigenvalue weighted by Gasteiger charge is -2.08. The molecule has 3 aromatic rings. The van der Waals surface area contributed by atoms with Crippen molar-refractivity contribution in [2.75, 3.05) is 12.4 Å². The van der Waals surface area contributed by atoms with Gasteiger partial charge in [-0.2, -0.15) is 18.4 Å². The first kappa shape index (κ1) is 17.1. The summed E-state index contributed by atoms with van der Waals surface area (Å²) in [7, 11) is 0. The fraction of sp³-hybridized carbons (Fsp3) is 0.188. The van der Waals surface area contributed by atoms with Crippen LogP contribution in [0.25, 0.3) is 5.65 Å². The molecule has 0 radical (unpaired) electrons. The van der Waals surface area contributed by atoms with Crippen molar-refractivity contribution in [3.63, 3.8) is 0 Å². The van der Waals surface area contributed by atoms with Gasteiger partial charge in [-0.25, -0.2) is 0 Å². The van der Waals surface area contributed by atoms with E-state index in [0.717, 1.165) is 12.3 Å². The summed E-state index contributed by atoms with van der Waals surface area (Å²) in [6, 6.07) is 10.9. The van der Waals surface area contributed by atoms with Gasteiger partial charge in [0.05, 0.1) is 23.8 Å². The van der Waals surface area contributed by atoms with Gasteiger partial charge in [-0.1, -0.05) is 11.8 Å². The molecule has 0 aliphatic rings. The van der Waals surface area contributed by atoms with E-state index in [4.69, 9.17) is 10.00 Å². The Morgan fingerprint density at radius 1 is 1.12 bits per heavy atom. The molecular weight excluding hydrogens is 353 g/mol. The van der Waals surface area contributed by atoms with Crippen molar-refractivity contribution in [1.82, 2.24) is 14.6 Å². The van der Waals surface area contributed by atoms with E-state index in [1.165, 1.54) is 22.2 Å². The number of benzene rings is 1. The molecule has 2 heterocycles. The molecule has 0 aliphatic carbocycles. The minimum atomic E-state index is -4.42. The fourth-order valence-corrected chi connectivity index (χ4v) is 2.79. The first-order chi connectivity index (χ1) is 12.0. The normalized spacial score (nSPS) is 11.4. The summed E-state index contributed by atoms with van der Waals surface area (Å²) < 4.78 is 45.2. The number of thioether (sulfide) groups is 1. The van der Waals surface area contributed by atoms with E-state index in [0.29, 0.717) is 34.5 Å². The van der Waals surface area contributed by atoms with Gasteiger partial charge >= 0.3 is 6.18 Å². The quantitative estimate of drug-likeness (QED) is 0.509. The van der Waals surface area contributed by atoms with Gasteiger partial charge in [-0.3, -0.25) is 4.40 Å². The molecule has 0 saturated carbocycles. The van der Waals surface area contributed by atoms with Gasteiger partial charge in [0.1, 0.15) is 5.75 Å². The lowest BCUT2D eigenvalue weighted by Crippen LogP contribution is -2.06. The van der Waals surface area contributed by atoms with Crippen molar-refractivity contribution in [2.45, 2.75) is 11.3 Å². The second-order valence-corrected chi connectivity index (χ2v) is 6.02. The van der Waals surface area contributed by atoms with Crippen LogP contribution in [-0.2, 0) is 6.18 Å². The molecule has 9 heteroatoms. The van der Waals surface area contributed by atoms with Crippen molar-refractivity contribution < 1.29 is 17.9 Å². The molecule has 0 bridgehead atoms. The third-order valence-electron chi connectivity index (χ3n) is 3.27. The topological polar surface area (TPSA) is 63.2 Å². The summed E-state index contributed by atoms with van der Waals surface area (Å²) in [5.41, 5.74) is 0.135. The van der Waals surface area contributed by atoms with E-state index >= 15 is 0 Å². The summed E-state index contributed by atoms with van der Waals surface area (Å²) in [5, 5.41) is 16.8. The third-order valence-corrected chi connectivity index (χ3v) is 4.17. The molecule has 0 atom stereocenters. The van der Waals surface area contributed by atoms with Gasteiger partial charge < -0.3 is 4.74 Å². The zero-order chi connectivity index (χ0) is 17.9. The summed E-state index contributed by atoms with van der Waals surface area (Å²) in [6.45, 7) is 0.338. The van der Waals surface area contributed by atoms with Crippen LogP contribution in [0.2, 0.25) is 0 Å². The highest BCUT2D eigenvalue weighted by Gasteiger charge is 2.31. The highest BCUT2D eigenvalue weighted by atomic mass is 32.2. The average Bonchev–Trinajstić information content (AvgIpc) is 3.01. The molecule has 3 rings (SSSR count). The van der Waals surface area contributed by atoms with Crippen LogP contribution in [0, 0.1) is 11.3 Å². The Bertz CT molecular complexity index is 916.